The number of halogens is 2. The van der Waals surface area contributed by atoms with Crippen LogP contribution in [0.2, 0.25) is 5.02 Å². The Morgan fingerprint density at radius 1 is 0.977 bits per heavy atom. The van der Waals surface area contributed by atoms with E-state index in [2.05, 4.69) is 15.6 Å². The number of benzene rings is 3. The minimum absolute atomic E-state index is 0. The summed E-state index contributed by atoms with van der Waals surface area (Å²) in [7, 11) is 1.47. The molecule has 0 saturated heterocycles. The van der Waals surface area contributed by atoms with E-state index < -0.39 is 29.0 Å². The third-order valence-electron chi connectivity index (χ3n) is 6.92. The van der Waals surface area contributed by atoms with Gasteiger partial charge in [-0.05, 0) is 74.2 Å². The minimum atomic E-state index is -1.27. The summed E-state index contributed by atoms with van der Waals surface area (Å²) in [6.45, 7) is 0.148. The molecule has 1 saturated carbocycles. The SMILES string of the molecule is COc1cc2c(Oc3cccc(NC(=O)C4(C(=O)Nc5ccc(F)cc5)CC4)c3Cl)ccnc2cc1OCCCC(=O)[O-].[Li+]. The smallest absolute Gasteiger partial charge is 0.550 e. The van der Waals surface area contributed by atoms with Crippen LogP contribution >= 0.6 is 11.6 Å². The van der Waals surface area contributed by atoms with Gasteiger partial charge in [0.2, 0.25) is 11.8 Å². The number of carboxylic acid groups (broad SMARTS) is 1. The number of carbonyl (C=O) groups is 3. The van der Waals surface area contributed by atoms with Gasteiger partial charge in [-0.25, -0.2) is 4.39 Å². The molecular formula is C31H26ClFLiN3O7. The quantitative estimate of drug-likeness (QED) is 0.141. The number of nitrogens with zero attached hydrogens (tertiary/aromatic N) is 1. The maximum atomic E-state index is 13.2. The van der Waals surface area contributed by atoms with Crippen molar-refractivity contribution in [1.29, 1.82) is 0 Å². The van der Waals surface area contributed by atoms with E-state index in [0.29, 0.717) is 46.7 Å². The van der Waals surface area contributed by atoms with E-state index >= 15 is 0 Å². The molecule has 10 nitrogen and oxygen atoms in total. The van der Waals surface area contributed by atoms with Crippen LogP contribution in [0.5, 0.6) is 23.0 Å². The molecule has 2 amide bonds. The van der Waals surface area contributed by atoms with Crippen molar-refractivity contribution in [3.63, 3.8) is 0 Å². The van der Waals surface area contributed by atoms with E-state index in [9.17, 15) is 23.9 Å². The number of carboxylic acids is 1. The maximum absolute atomic E-state index is 13.2. The van der Waals surface area contributed by atoms with Crippen molar-refractivity contribution in [3.8, 4) is 23.0 Å². The average molecular weight is 614 g/mol. The molecule has 0 aliphatic heterocycles. The standard InChI is InChI=1S/C31H27ClFN3O7.Li/c1-41-25-16-20-22(17-26(25)42-15-3-6-27(37)38)34-14-11-23(20)43-24-5-2-4-21(28(24)32)36-30(40)31(12-13-31)29(39)35-19-9-7-18(33)8-10-19;/h2,4-5,7-11,14,16-17H,3,6,12-13,15H2,1H3,(H,35,39)(H,36,40)(H,37,38);/q;+1/p-1. The number of anilines is 2. The number of nitrogens with one attached hydrogen (secondary N) is 2. The molecule has 44 heavy (non-hydrogen) atoms. The zero-order valence-corrected chi connectivity index (χ0v) is 24.7. The van der Waals surface area contributed by atoms with Crippen LogP contribution in [0, 0.1) is 11.2 Å². The van der Waals surface area contributed by atoms with Crippen LogP contribution in [-0.4, -0.2) is 36.5 Å². The fourth-order valence-corrected chi connectivity index (χ4v) is 4.61. The normalized spacial score (nSPS) is 12.9. The van der Waals surface area contributed by atoms with Gasteiger partial charge >= 0.3 is 18.9 Å². The Morgan fingerprint density at radius 3 is 2.39 bits per heavy atom. The molecule has 0 unspecified atom stereocenters. The fraction of sp³-hybridized carbons (Fsp3) is 0.226. The first-order valence-electron chi connectivity index (χ1n) is 13.3. The van der Waals surface area contributed by atoms with Crippen LogP contribution in [0.1, 0.15) is 25.7 Å². The molecule has 0 radical (unpaired) electrons. The number of ether oxygens (including phenoxy) is 3. The van der Waals surface area contributed by atoms with Crippen LogP contribution in [-0.2, 0) is 14.4 Å². The van der Waals surface area contributed by atoms with E-state index in [0.717, 1.165) is 0 Å². The molecule has 1 fully saturated rings. The number of hydrogen-bond acceptors (Lipinski definition) is 8. The number of aromatic nitrogens is 1. The molecule has 2 N–H and O–H groups in total. The van der Waals surface area contributed by atoms with Crippen LogP contribution in [0.3, 0.4) is 0 Å². The molecular weight excluding hydrogens is 588 g/mol. The molecule has 0 bridgehead atoms. The first kappa shape index (κ1) is 32.6. The second-order valence-corrected chi connectivity index (χ2v) is 10.2. The topological polar surface area (TPSA) is 139 Å². The van der Waals surface area contributed by atoms with Gasteiger partial charge in [-0.2, -0.15) is 0 Å². The van der Waals surface area contributed by atoms with Gasteiger partial charge in [0.15, 0.2) is 11.5 Å². The zero-order valence-electron chi connectivity index (χ0n) is 23.9. The summed E-state index contributed by atoms with van der Waals surface area (Å²) in [6.07, 6.45) is 2.39. The number of rotatable bonds is 12. The van der Waals surface area contributed by atoms with E-state index in [1.54, 1.807) is 42.6 Å². The van der Waals surface area contributed by atoms with Crippen molar-refractivity contribution in [2.75, 3.05) is 24.4 Å². The molecule has 1 aromatic heterocycles. The molecule has 1 aliphatic rings. The summed E-state index contributed by atoms with van der Waals surface area (Å²) in [5.74, 6) is -1.17. The molecule has 1 aliphatic carbocycles. The van der Waals surface area contributed by atoms with Gasteiger partial charge < -0.3 is 34.7 Å². The number of aliphatic carboxylic acids is 1. The number of carbonyl (C=O) groups excluding carboxylic acids is 3. The molecule has 0 spiro atoms. The zero-order chi connectivity index (χ0) is 30.6. The van der Waals surface area contributed by atoms with Crippen molar-refractivity contribution < 1.29 is 57.0 Å². The monoisotopic (exact) mass is 613 g/mol. The summed E-state index contributed by atoms with van der Waals surface area (Å²) in [5, 5.41) is 16.8. The van der Waals surface area contributed by atoms with E-state index in [1.165, 1.54) is 31.4 Å². The minimum Gasteiger partial charge on any atom is -0.550 e. The molecule has 222 valence electrons. The van der Waals surface area contributed by atoms with E-state index in [1.807, 2.05) is 0 Å². The first-order valence-corrected chi connectivity index (χ1v) is 13.7. The second kappa shape index (κ2) is 14.0. The Labute approximate surface area is 269 Å². The molecule has 5 rings (SSSR count). The average Bonchev–Trinajstić information content (AvgIpc) is 3.81. The van der Waals surface area contributed by atoms with E-state index in [4.69, 9.17) is 25.8 Å². The van der Waals surface area contributed by atoms with Crippen LogP contribution in [0.25, 0.3) is 10.9 Å². The Bertz CT molecular complexity index is 1700. The summed E-state index contributed by atoms with van der Waals surface area (Å²) < 4.78 is 30.5. The molecule has 3 aromatic carbocycles. The summed E-state index contributed by atoms with van der Waals surface area (Å²) in [5.41, 5.74) is -0.101. The Hall–Kier alpha value is -4.30. The summed E-state index contributed by atoms with van der Waals surface area (Å²) in [6, 6.07) is 15.1. The predicted molar refractivity (Wildman–Crippen MR) is 155 cm³/mol. The largest absolute Gasteiger partial charge is 1.00 e. The predicted octanol–water partition coefficient (Wildman–Crippen LogP) is 2.10. The third-order valence-corrected chi connectivity index (χ3v) is 7.31. The molecule has 13 heteroatoms. The van der Waals surface area contributed by atoms with Crippen molar-refractivity contribution in [2.45, 2.75) is 25.7 Å². The van der Waals surface area contributed by atoms with Crippen LogP contribution in [0.4, 0.5) is 15.8 Å². The maximum Gasteiger partial charge on any atom is 1.00 e. The van der Waals surface area contributed by atoms with Crippen LogP contribution in [0.15, 0.2) is 66.9 Å². The Kier molecular flexibility index (Phi) is 10.4. The van der Waals surface area contributed by atoms with Gasteiger partial charge in [0.1, 0.15) is 27.8 Å². The number of fused-ring (bicyclic) bond motifs is 1. The van der Waals surface area contributed by atoms with Gasteiger partial charge in [-0.1, -0.05) is 17.7 Å². The number of methoxy groups -OCH3 is 1. The number of amides is 2. The van der Waals surface area contributed by atoms with Gasteiger partial charge in [-0.3, -0.25) is 14.6 Å². The van der Waals surface area contributed by atoms with Crippen molar-refractivity contribution in [3.05, 3.63) is 77.7 Å². The van der Waals surface area contributed by atoms with Crippen molar-refractivity contribution in [1.82, 2.24) is 4.98 Å². The summed E-state index contributed by atoms with van der Waals surface area (Å²) in [4.78, 5) is 41.2. The van der Waals surface area contributed by atoms with Gasteiger partial charge in [0.05, 0.1) is 24.9 Å². The van der Waals surface area contributed by atoms with Gasteiger partial charge in [0, 0.05) is 29.3 Å². The Morgan fingerprint density at radius 2 is 1.70 bits per heavy atom. The molecule has 1 heterocycles. The third kappa shape index (κ3) is 7.25. The summed E-state index contributed by atoms with van der Waals surface area (Å²) >= 11 is 6.64. The van der Waals surface area contributed by atoms with Crippen molar-refractivity contribution >= 4 is 51.7 Å². The molecule has 0 atom stereocenters. The second-order valence-electron chi connectivity index (χ2n) is 9.87. The fourth-order valence-electron chi connectivity index (χ4n) is 4.40. The van der Waals surface area contributed by atoms with Crippen molar-refractivity contribution in [2.24, 2.45) is 5.41 Å². The van der Waals surface area contributed by atoms with Gasteiger partial charge in [-0.15, -0.1) is 0 Å². The van der Waals surface area contributed by atoms with Crippen LogP contribution < -0.4 is 48.8 Å². The number of pyridine rings is 1. The number of hydrogen-bond donors (Lipinski definition) is 2. The van der Waals surface area contributed by atoms with Gasteiger partial charge in [0.25, 0.3) is 0 Å². The first-order chi connectivity index (χ1) is 20.7. The van der Waals surface area contributed by atoms with E-state index in [-0.39, 0.29) is 54.8 Å². The Balaban J connectivity index is 0.00000442. The molecule has 4 aromatic rings.